The van der Waals surface area contributed by atoms with Crippen LogP contribution in [0.4, 0.5) is 5.69 Å². The number of fused-ring (bicyclic) bond motifs is 1. The minimum atomic E-state index is 0.776. The molecule has 20 heavy (non-hydrogen) atoms. The Hall–Kier alpha value is -1.06. The quantitative estimate of drug-likeness (QED) is 0.913. The minimum Gasteiger partial charge on any atom is -0.385 e. The first-order valence-corrected chi connectivity index (χ1v) is 7.97. The first kappa shape index (κ1) is 13.9. The van der Waals surface area contributed by atoms with Crippen LogP contribution in [0.5, 0.6) is 0 Å². The Bertz CT molecular complexity index is 448. The maximum absolute atomic E-state index is 3.54. The predicted octanol–water partition coefficient (Wildman–Crippen LogP) is 2.57. The van der Waals surface area contributed by atoms with Gasteiger partial charge in [0.05, 0.1) is 0 Å². The van der Waals surface area contributed by atoms with Crippen molar-refractivity contribution in [3.05, 3.63) is 29.3 Å². The molecule has 1 fully saturated rings. The molecule has 0 atom stereocenters. The average molecular weight is 273 g/mol. The Labute approximate surface area is 123 Å². The molecule has 0 spiro atoms. The van der Waals surface area contributed by atoms with E-state index in [1.54, 1.807) is 5.56 Å². The minimum absolute atomic E-state index is 0.776. The lowest BCUT2D eigenvalue weighted by Crippen LogP contribution is -2.41. The van der Waals surface area contributed by atoms with Crippen molar-refractivity contribution in [3.63, 3.8) is 0 Å². The van der Waals surface area contributed by atoms with E-state index >= 15 is 0 Å². The zero-order valence-corrected chi connectivity index (χ0v) is 12.9. The number of benzene rings is 1. The Balaban J connectivity index is 1.64. The van der Waals surface area contributed by atoms with E-state index in [2.05, 4.69) is 47.4 Å². The smallest absolute Gasteiger partial charge is 0.0375 e. The zero-order chi connectivity index (χ0) is 13.9. The molecular formula is C17H27N3. The molecule has 3 rings (SSSR count). The Kier molecular flexibility index (Phi) is 4.27. The molecular weight excluding hydrogens is 246 g/mol. The molecule has 0 aliphatic carbocycles. The van der Waals surface area contributed by atoms with Crippen molar-refractivity contribution in [1.82, 2.24) is 9.80 Å². The highest BCUT2D eigenvalue weighted by Crippen LogP contribution is 2.27. The van der Waals surface area contributed by atoms with Crippen molar-refractivity contribution in [3.8, 4) is 0 Å². The van der Waals surface area contributed by atoms with Gasteiger partial charge in [0.2, 0.25) is 0 Å². The second-order valence-electron chi connectivity index (χ2n) is 6.44. The molecule has 0 saturated carbocycles. The van der Waals surface area contributed by atoms with Crippen LogP contribution in [0.25, 0.3) is 0 Å². The van der Waals surface area contributed by atoms with Gasteiger partial charge >= 0.3 is 0 Å². The fourth-order valence-corrected chi connectivity index (χ4v) is 3.57. The summed E-state index contributed by atoms with van der Waals surface area (Å²) in [6, 6.07) is 7.54. The number of hydrogen-bond acceptors (Lipinski definition) is 3. The van der Waals surface area contributed by atoms with Crippen molar-refractivity contribution >= 4 is 5.69 Å². The monoisotopic (exact) mass is 273 g/mol. The number of nitrogens with one attached hydrogen (secondary N) is 1. The Morgan fingerprint density at radius 2 is 2.05 bits per heavy atom. The lowest BCUT2D eigenvalue weighted by Gasteiger charge is -2.35. The molecule has 2 aliphatic rings. The molecule has 0 aromatic heterocycles. The van der Waals surface area contributed by atoms with E-state index < -0.39 is 0 Å². The van der Waals surface area contributed by atoms with Gasteiger partial charge in [0.25, 0.3) is 0 Å². The van der Waals surface area contributed by atoms with Crippen LogP contribution in [-0.2, 0) is 13.0 Å². The van der Waals surface area contributed by atoms with Gasteiger partial charge in [0.1, 0.15) is 0 Å². The van der Waals surface area contributed by atoms with Crippen molar-refractivity contribution in [2.24, 2.45) is 0 Å². The molecule has 0 bridgehead atoms. The summed E-state index contributed by atoms with van der Waals surface area (Å²) >= 11 is 0. The number of likely N-dealkylation sites (tertiary alicyclic amines) is 1. The normalized spacial score (nSPS) is 20.8. The maximum Gasteiger partial charge on any atom is 0.0375 e. The van der Waals surface area contributed by atoms with Gasteiger partial charge in [-0.1, -0.05) is 12.1 Å². The highest BCUT2D eigenvalue weighted by molar-refractivity contribution is 5.56. The third-order valence-corrected chi connectivity index (χ3v) is 4.87. The third kappa shape index (κ3) is 2.99. The van der Waals surface area contributed by atoms with Gasteiger partial charge in [-0.2, -0.15) is 0 Å². The van der Waals surface area contributed by atoms with Gasteiger partial charge in [-0.25, -0.2) is 0 Å². The van der Waals surface area contributed by atoms with E-state index in [-0.39, 0.29) is 0 Å². The van der Waals surface area contributed by atoms with Crippen LogP contribution in [0.2, 0.25) is 0 Å². The molecule has 110 valence electrons. The van der Waals surface area contributed by atoms with Gasteiger partial charge in [0.15, 0.2) is 0 Å². The fraction of sp³-hybridized carbons (Fsp3) is 0.647. The number of anilines is 1. The van der Waals surface area contributed by atoms with Gasteiger partial charge < -0.3 is 10.2 Å². The Morgan fingerprint density at radius 3 is 2.80 bits per heavy atom. The Morgan fingerprint density at radius 1 is 1.25 bits per heavy atom. The molecule has 1 N–H and O–H groups in total. The molecule has 1 aromatic carbocycles. The molecule has 3 heteroatoms. The summed E-state index contributed by atoms with van der Waals surface area (Å²) < 4.78 is 0. The lowest BCUT2D eigenvalue weighted by atomic mass is 9.96. The largest absolute Gasteiger partial charge is 0.385 e. The highest BCUT2D eigenvalue weighted by Gasteiger charge is 2.21. The lowest BCUT2D eigenvalue weighted by molar-refractivity contribution is 0.140. The van der Waals surface area contributed by atoms with Crippen LogP contribution in [0.1, 0.15) is 30.4 Å². The summed E-state index contributed by atoms with van der Waals surface area (Å²) in [5.41, 5.74) is 4.48. The van der Waals surface area contributed by atoms with Gasteiger partial charge in [0, 0.05) is 24.8 Å². The summed E-state index contributed by atoms with van der Waals surface area (Å²) in [6.45, 7) is 4.73. The first-order chi connectivity index (χ1) is 9.74. The number of piperidine rings is 1. The molecule has 0 amide bonds. The number of rotatable bonds is 3. The molecule has 2 heterocycles. The first-order valence-electron chi connectivity index (χ1n) is 7.97. The van der Waals surface area contributed by atoms with E-state index in [1.807, 2.05) is 0 Å². The topological polar surface area (TPSA) is 18.5 Å². The van der Waals surface area contributed by atoms with Crippen LogP contribution in [0.3, 0.4) is 0 Å². The summed E-state index contributed by atoms with van der Waals surface area (Å²) in [5, 5.41) is 3.54. The molecule has 0 unspecified atom stereocenters. The van der Waals surface area contributed by atoms with Crippen LogP contribution < -0.4 is 5.32 Å². The zero-order valence-electron chi connectivity index (χ0n) is 12.9. The summed E-state index contributed by atoms with van der Waals surface area (Å²) in [7, 11) is 4.42. The van der Waals surface area contributed by atoms with E-state index in [9.17, 15) is 0 Å². The third-order valence-electron chi connectivity index (χ3n) is 4.87. The molecule has 3 nitrogen and oxygen atoms in total. The summed E-state index contributed by atoms with van der Waals surface area (Å²) in [4.78, 5) is 5.01. The van der Waals surface area contributed by atoms with Crippen LogP contribution in [0, 0.1) is 0 Å². The van der Waals surface area contributed by atoms with Crippen molar-refractivity contribution in [1.29, 1.82) is 0 Å². The molecule has 1 aromatic rings. The van der Waals surface area contributed by atoms with Crippen LogP contribution in [0.15, 0.2) is 18.2 Å². The van der Waals surface area contributed by atoms with Gasteiger partial charge in [-0.15, -0.1) is 0 Å². The number of hydrogen-bond donors (Lipinski definition) is 1. The number of nitrogens with zero attached hydrogens (tertiary/aromatic N) is 2. The van der Waals surface area contributed by atoms with E-state index in [0.717, 1.165) is 19.1 Å². The van der Waals surface area contributed by atoms with Crippen molar-refractivity contribution in [2.45, 2.75) is 38.3 Å². The maximum atomic E-state index is 3.54. The second-order valence-corrected chi connectivity index (χ2v) is 6.44. The van der Waals surface area contributed by atoms with E-state index in [0.29, 0.717) is 0 Å². The molecule has 0 radical (unpaired) electrons. The molecule has 2 aliphatic heterocycles. The average Bonchev–Trinajstić information content (AvgIpc) is 2.48. The highest BCUT2D eigenvalue weighted by atomic mass is 15.2. The fourth-order valence-electron chi connectivity index (χ4n) is 3.57. The van der Waals surface area contributed by atoms with Gasteiger partial charge in [-0.3, -0.25) is 4.90 Å². The van der Waals surface area contributed by atoms with Gasteiger partial charge in [-0.05, 0) is 70.1 Å². The molecule has 1 saturated heterocycles. The van der Waals surface area contributed by atoms with Crippen molar-refractivity contribution < 1.29 is 0 Å². The predicted molar refractivity (Wildman–Crippen MR) is 85.2 cm³/mol. The van der Waals surface area contributed by atoms with Crippen LogP contribution in [-0.4, -0.2) is 49.6 Å². The van der Waals surface area contributed by atoms with Crippen molar-refractivity contribution in [2.75, 3.05) is 39.0 Å². The SMILES string of the molecule is CN(C)C1CCN(Cc2cccc3c2CCCN3)CC1. The summed E-state index contributed by atoms with van der Waals surface area (Å²) in [5.74, 6) is 0. The summed E-state index contributed by atoms with van der Waals surface area (Å²) in [6.07, 6.45) is 5.12. The van der Waals surface area contributed by atoms with E-state index in [1.165, 1.54) is 50.0 Å². The standard InChI is InChI=1S/C17H27N3/c1-19(2)15-8-11-20(12-9-15)13-14-5-3-7-17-16(14)6-4-10-18-17/h3,5,7,15,18H,4,6,8-13H2,1-2H3. The second kappa shape index (κ2) is 6.15. The van der Waals surface area contributed by atoms with Crippen LogP contribution >= 0.6 is 0 Å². The van der Waals surface area contributed by atoms with E-state index in [4.69, 9.17) is 0 Å².